The van der Waals surface area contributed by atoms with Gasteiger partial charge in [0.1, 0.15) is 5.75 Å². The molecule has 0 fully saturated rings. The van der Waals surface area contributed by atoms with Gasteiger partial charge < -0.3 is 9.72 Å². The van der Waals surface area contributed by atoms with Crippen molar-refractivity contribution in [3.8, 4) is 5.75 Å². The number of fused-ring (bicyclic) bond motifs is 1. The summed E-state index contributed by atoms with van der Waals surface area (Å²) in [6, 6.07) is 20.1. The molecule has 0 aliphatic carbocycles. The average Bonchev–Trinajstić information content (AvgIpc) is 3.58. The first kappa shape index (κ1) is 25.8. The molecular weight excluding hydrogens is 496 g/mol. The van der Waals surface area contributed by atoms with Crippen LogP contribution >= 0.6 is 11.3 Å². The molecule has 0 radical (unpaired) electrons. The second kappa shape index (κ2) is 11.3. The second-order valence-corrected chi connectivity index (χ2v) is 10.9. The van der Waals surface area contributed by atoms with Gasteiger partial charge in [-0.3, -0.25) is 9.69 Å². The molecule has 1 N–H and O–H groups in total. The lowest BCUT2D eigenvalue weighted by atomic mass is 10.00. The predicted molar refractivity (Wildman–Crippen MR) is 150 cm³/mol. The number of pyridine rings is 1. The highest BCUT2D eigenvalue weighted by molar-refractivity contribution is 7.09. The third kappa shape index (κ3) is 5.54. The van der Waals surface area contributed by atoms with Crippen LogP contribution < -0.4 is 10.3 Å². The first-order chi connectivity index (χ1) is 18.4. The van der Waals surface area contributed by atoms with Gasteiger partial charge in [-0.05, 0) is 69.4 Å². The lowest BCUT2D eigenvalue weighted by Crippen LogP contribution is -2.35. The molecular formula is C29H32N6O2S. The standard InChI is InChI=1S/C29H32N6O2S/c1-19(2)27(28-31-32-33-35(28)16-21-10-12-24(37-4)13-11-21)34(18-25-9-6-14-38-25)17-23-15-22-8-5-7-20(3)26(22)30-29(23)36/h5-15,19,27H,16-18H2,1-4H3,(H,30,36)/t27-/m1/s1. The van der Waals surface area contributed by atoms with Gasteiger partial charge in [0.15, 0.2) is 5.82 Å². The lowest BCUT2D eigenvalue weighted by molar-refractivity contribution is 0.127. The molecule has 3 heterocycles. The maximum atomic E-state index is 13.2. The Morgan fingerprint density at radius 1 is 1.08 bits per heavy atom. The third-order valence-corrected chi connectivity index (χ3v) is 7.68. The Bertz CT molecular complexity index is 1560. The van der Waals surface area contributed by atoms with E-state index in [4.69, 9.17) is 4.74 Å². The summed E-state index contributed by atoms with van der Waals surface area (Å²) >= 11 is 1.71. The number of hydrogen-bond acceptors (Lipinski definition) is 7. The van der Waals surface area contributed by atoms with Gasteiger partial charge in [0.2, 0.25) is 0 Å². The van der Waals surface area contributed by atoms with E-state index in [-0.39, 0.29) is 17.5 Å². The number of nitrogens with one attached hydrogen (secondary N) is 1. The number of nitrogens with zero attached hydrogens (tertiary/aromatic N) is 5. The molecule has 0 spiro atoms. The lowest BCUT2D eigenvalue weighted by Gasteiger charge is -2.33. The first-order valence-electron chi connectivity index (χ1n) is 12.7. The van der Waals surface area contributed by atoms with E-state index in [0.717, 1.165) is 39.2 Å². The Labute approximate surface area is 225 Å². The van der Waals surface area contributed by atoms with Crippen molar-refractivity contribution in [3.63, 3.8) is 0 Å². The zero-order valence-electron chi connectivity index (χ0n) is 22.1. The van der Waals surface area contributed by atoms with Crippen LogP contribution in [0.25, 0.3) is 10.9 Å². The summed E-state index contributed by atoms with van der Waals surface area (Å²) in [6.07, 6.45) is 0. The van der Waals surface area contributed by atoms with E-state index < -0.39 is 0 Å². The molecule has 0 amide bonds. The number of methoxy groups -OCH3 is 1. The number of aromatic amines is 1. The maximum Gasteiger partial charge on any atom is 0.252 e. The maximum absolute atomic E-state index is 13.2. The number of hydrogen-bond donors (Lipinski definition) is 1. The molecule has 8 nitrogen and oxygen atoms in total. The second-order valence-electron chi connectivity index (χ2n) is 9.88. The molecule has 0 bridgehead atoms. The molecule has 0 unspecified atom stereocenters. The number of ether oxygens (including phenoxy) is 1. The summed E-state index contributed by atoms with van der Waals surface area (Å²) in [4.78, 5) is 19.9. The van der Waals surface area contributed by atoms with Gasteiger partial charge in [-0.2, -0.15) is 0 Å². The molecule has 0 saturated carbocycles. The minimum atomic E-state index is -0.113. The Morgan fingerprint density at radius 2 is 1.89 bits per heavy atom. The summed E-state index contributed by atoms with van der Waals surface area (Å²) in [6.45, 7) is 8.05. The topological polar surface area (TPSA) is 88.9 Å². The molecule has 9 heteroatoms. The van der Waals surface area contributed by atoms with Crippen LogP contribution in [0.3, 0.4) is 0 Å². The van der Waals surface area contributed by atoms with Gasteiger partial charge in [0, 0.05) is 23.5 Å². The SMILES string of the molecule is COc1ccc(Cn2nnnc2[C@@H](C(C)C)N(Cc2cccs2)Cc2cc3cccc(C)c3[nH]c2=O)cc1. The van der Waals surface area contributed by atoms with Gasteiger partial charge in [-0.25, -0.2) is 4.68 Å². The van der Waals surface area contributed by atoms with Crippen molar-refractivity contribution in [2.45, 2.75) is 46.4 Å². The molecule has 0 aliphatic heterocycles. The minimum Gasteiger partial charge on any atom is -0.497 e. The van der Waals surface area contributed by atoms with Gasteiger partial charge in [0.25, 0.3) is 5.56 Å². The fraction of sp³-hybridized carbons (Fsp3) is 0.310. The molecule has 1 atom stereocenters. The Morgan fingerprint density at radius 3 is 2.61 bits per heavy atom. The van der Waals surface area contributed by atoms with Gasteiger partial charge >= 0.3 is 0 Å². The van der Waals surface area contributed by atoms with E-state index in [1.165, 1.54) is 4.88 Å². The van der Waals surface area contributed by atoms with Gasteiger partial charge in [-0.15, -0.1) is 16.4 Å². The van der Waals surface area contributed by atoms with E-state index in [2.05, 4.69) is 56.8 Å². The molecule has 5 aromatic rings. The van der Waals surface area contributed by atoms with Gasteiger partial charge in [-0.1, -0.05) is 50.2 Å². The molecule has 5 rings (SSSR count). The molecule has 0 saturated heterocycles. The molecule has 2 aromatic carbocycles. The van der Waals surface area contributed by atoms with E-state index in [1.807, 2.05) is 60.1 Å². The summed E-state index contributed by atoms with van der Waals surface area (Å²) in [5.74, 6) is 1.78. The summed E-state index contributed by atoms with van der Waals surface area (Å²) in [7, 11) is 1.66. The normalized spacial score (nSPS) is 12.5. The van der Waals surface area contributed by atoms with Crippen LogP contribution in [0.4, 0.5) is 0 Å². The highest BCUT2D eigenvalue weighted by Crippen LogP contribution is 2.31. The number of aryl methyl sites for hydroxylation is 1. The van der Waals surface area contributed by atoms with Crippen LogP contribution in [-0.4, -0.2) is 37.2 Å². The number of para-hydroxylation sites is 1. The fourth-order valence-electron chi connectivity index (χ4n) is 4.94. The number of H-pyrrole nitrogens is 1. The Kier molecular flexibility index (Phi) is 7.67. The van der Waals surface area contributed by atoms with Crippen molar-refractivity contribution in [1.29, 1.82) is 0 Å². The van der Waals surface area contributed by atoms with Crippen LogP contribution in [0.15, 0.2) is 70.8 Å². The number of tetrazole rings is 1. The zero-order chi connectivity index (χ0) is 26.6. The quantitative estimate of drug-likeness (QED) is 0.263. The highest BCUT2D eigenvalue weighted by Gasteiger charge is 2.30. The van der Waals surface area contributed by atoms with Crippen molar-refractivity contribution in [3.05, 3.63) is 104 Å². The number of aromatic nitrogens is 5. The minimum absolute atomic E-state index is 0.0664. The highest BCUT2D eigenvalue weighted by atomic mass is 32.1. The first-order valence-corrected chi connectivity index (χ1v) is 13.6. The van der Waals surface area contributed by atoms with Gasteiger partial charge in [0.05, 0.1) is 25.2 Å². The third-order valence-electron chi connectivity index (χ3n) is 6.82. The van der Waals surface area contributed by atoms with E-state index >= 15 is 0 Å². The number of thiophene rings is 1. The van der Waals surface area contributed by atoms with Crippen molar-refractivity contribution in [2.75, 3.05) is 7.11 Å². The van der Waals surface area contributed by atoms with Crippen LogP contribution in [0.5, 0.6) is 5.75 Å². The van der Waals surface area contributed by atoms with Crippen molar-refractivity contribution in [2.24, 2.45) is 5.92 Å². The van der Waals surface area contributed by atoms with E-state index in [1.54, 1.807) is 18.4 Å². The summed E-state index contributed by atoms with van der Waals surface area (Å²) in [5, 5.41) is 16.0. The smallest absolute Gasteiger partial charge is 0.252 e. The van der Waals surface area contributed by atoms with Crippen LogP contribution in [0, 0.1) is 12.8 Å². The molecule has 38 heavy (non-hydrogen) atoms. The molecule has 196 valence electrons. The monoisotopic (exact) mass is 528 g/mol. The summed E-state index contributed by atoms with van der Waals surface area (Å²) < 4.78 is 7.16. The van der Waals surface area contributed by atoms with E-state index in [9.17, 15) is 4.79 Å². The number of benzene rings is 2. The number of rotatable bonds is 10. The van der Waals surface area contributed by atoms with Crippen molar-refractivity contribution < 1.29 is 4.74 Å². The van der Waals surface area contributed by atoms with Crippen LogP contribution in [0.1, 0.15) is 47.3 Å². The van der Waals surface area contributed by atoms with Crippen LogP contribution in [0.2, 0.25) is 0 Å². The average molecular weight is 529 g/mol. The molecule has 0 aliphatic rings. The predicted octanol–water partition coefficient (Wildman–Crippen LogP) is 5.34. The Balaban J connectivity index is 1.52. The Hall–Kier alpha value is -3.82. The van der Waals surface area contributed by atoms with E-state index in [0.29, 0.717) is 19.6 Å². The fourth-order valence-corrected chi connectivity index (χ4v) is 5.67. The largest absolute Gasteiger partial charge is 0.497 e. The van der Waals surface area contributed by atoms with Crippen molar-refractivity contribution >= 4 is 22.2 Å². The van der Waals surface area contributed by atoms with Crippen molar-refractivity contribution in [1.82, 2.24) is 30.1 Å². The molecule has 3 aromatic heterocycles. The zero-order valence-corrected chi connectivity index (χ0v) is 22.9. The summed E-state index contributed by atoms with van der Waals surface area (Å²) in [5.41, 5.74) is 3.67. The van der Waals surface area contributed by atoms with Crippen LogP contribution in [-0.2, 0) is 19.6 Å².